The summed E-state index contributed by atoms with van der Waals surface area (Å²) in [6, 6.07) is 7.26. The van der Waals surface area contributed by atoms with E-state index < -0.39 is 34.7 Å². The summed E-state index contributed by atoms with van der Waals surface area (Å²) in [6.07, 6.45) is 0. The molecule has 0 unspecified atom stereocenters. The molecule has 4 nitrogen and oxygen atoms in total. The van der Waals surface area contributed by atoms with Crippen molar-refractivity contribution in [2.45, 2.75) is 63.8 Å². The Kier molecular flexibility index (Phi) is 5.80. The minimum Gasteiger partial charge on any atom is -0.411 e. The maximum atomic E-state index is 13.2. The molecule has 0 aliphatic rings. The van der Waals surface area contributed by atoms with E-state index in [1.807, 2.05) is 15.8 Å². The molecule has 0 aromatic heterocycles. The van der Waals surface area contributed by atoms with E-state index in [1.54, 1.807) is 12.1 Å². The first-order chi connectivity index (χ1) is 10.0. The molecule has 0 saturated carbocycles. The fraction of sp³-hybridized carbons (Fsp3) is 0.600. The van der Waals surface area contributed by atoms with Gasteiger partial charge in [-0.3, -0.25) is 0 Å². The monoisotopic (exact) mass is 388 g/mol. The molecule has 132 valence electrons. The van der Waals surface area contributed by atoms with Crippen LogP contribution in [0.3, 0.4) is 0 Å². The molecular formula is C15H32N2O2SSi3. The van der Waals surface area contributed by atoms with Crippen LogP contribution in [-0.2, 0) is 10.0 Å². The van der Waals surface area contributed by atoms with Gasteiger partial charge < -0.3 is 4.98 Å². The zero-order valence-corrected chi connectivity index (χ0v) is 19.8. The maximum Gasteiger partial charge on any atom is 0.231 e. The van der Waals surface area contributed by atoms with E-state index in [9.17, 15) is 8.42 Å². The van der Waals surface area contributed by atoms with Crippen molar-refractivity contribution >= 4 is 40.4 Å². The lowest BCUT2D eigenvalue weighted by Crippen LogP contribution is -2.61. The number of rotatable bonds is 6. The van der Waals surface area contributed by atoms with Crippen molar-refractivity contribution < 1.29 is 8.42 Å². The van der Waals surface area contributed by atoms with Gasteiger partial charge in [0.15, 0.2) is 0 Å². The average molecular weight is 389 g/mol. The van der Waals surface area contributed by atoms with E-state index in [1.165, 1.54) is 0 Å². The SMILES string of the molecule is C[Si](C)(C)Nc1ccc(S(=O)(=O)N([Si](C)(C)C)[Si](C)(C)C)cc1. The Balaban J connectivity index is 3.27. The average Bonchev–Trinajstić information content (AvgIpc) is 2.22. The summed E-state index contributed by atoms with van der Waals surface area (Å²) in [5.41, 5.74) is 0.996. The van der Waals surface area contributed by atoms with Crippen molar-refractivity contribution in [3.63, 3.8) is 0 Å². The maximum absolute atomic E-state index is 13.2. The molecular weight excluding hydrogens is 357 g/mol. The van der Waals surface area contributed by atoms with Gasteiger partial charge in [-0.15, -0.1) is 0 Å². The molecule has 23 heavy (non-hydrogen) atoms. The highest BCUT2D eigenvalue weighted by Crippen LogP contribution is 2.29. The third-order valence-electron chi connectivity index (χ3n) is 3.13. The molecule has 0 radical (unpaired) electrons. The lowest BCUT2D eigenvalue weighted by atomic mass is 10.3. The number of hydrogen-bond acceptors (Lipinski definition) is 3. The summed E-state index contributed by atoms with van der Waals surface area (Å²) in [7, 11) is -8.86. The third-order valence-corrected chi connectivity index (χ3v) is 16.7. The van der Waals surface area contributed by atoms with Gasteiger partial charge >= 0.3 is 0 Å². The smallest absolute Gasteiger partial charge is 0.231 e. The fourth-order valence-electron chi connectivity index (χ4n) is 2.98. The molecule has 0 atom stereocenters. The molecule has 1 aromatic carbocycles. The fourth-order valence-corrected chi connectivity index (χ4v) is 19.2. The predicted octanol–water partition coefficient (Wildman–Crippen LogP) is 4.59. The summed E-state index contributed by atoms with van der Waals surface area (Å²) in [4.78, 5) is 3.90. The molecule has 0 saturated heterocycles. The van der Waals surface area contributed by atoms with Crippen LogP contribution in [0.5, 0.6) is 0 Å². The minimum absolute atomic E-state index is 0.406. The largest absolute Gasteiger partial charge is 0.411 e. The first-order valence-corrected chi connectivity index (χ1v) is 19.8. The number of nitrogens with one attached hydrogen (secondary N) is 1. The normalized spacial score (nSPS) is 14.2. The third kappa shape index (κ3) is 5.56. The molecule has 0 aliphatic carbocycles. The quantitative estimate of drug-likeness (QED) is 0.725. The second kappa shape index (κ2) is 6.47. The second-order valence-electron chi connectivity index (χ2n) is 9.01. The van der Waals surface area contributed by atoms with E-state index >= 15 is 0 Å². The molecule has 8 heteroatoms. The Hall–Kier alpha value is -0.419. The summed E-state index contributed by atoms with van der Waals surface area (Å²) >= 11 is 0. The molecule has 0 fully saturated rings. The van der Waals surface area contributed by atoms with Crippen LogP contribution >= 0.6 is 0 Å². The van der Waals surface area contributed by atoms with Crippen molar-refractivity contribution in [3.05, 3.63) is 24.3 Å². The molecule has 0 spiro atoms. The first-order valence-electron chi connectivity index (χ1n) is 7.99. The van der Waals surface area contributed by atoms with E-state index in [2.05, 4.69) is 63.9 Å². The van der Waals surface area contributed by atoms with Gasteiger partial charge in [0.05, 0.1) is 4.90 Å². The Morgan fingerprint density at radius 3 is 1.48 bits per heavy atom. The first kappa shape index (κ1) is 20.6. The lowest BCUT2D eigenvalue weighted by molar-refractivity contribution is 0.571. The molecule has 1 aromatic rings. The van der Waals surface area contributed by atoms with Crippen molar-refractivity contribution in [2.24, 2.45) is 0 Å². The van der Waals surface area contributed by atoms with Crippen molar-refractivity contribution in [1.82, 2.24) is 3.64 Å². The van der Waals surface area contributed by atoms with Crippen LogP contribution in [0.2, 0.25) is 58.9 Å². The van der Waals surface area contributed by atoms with Gasteiger partial charge in [-0.1, -0.05) is 58.9 Å². The van der Waals surface area contributed by atoms with Crippen LogP contribution in [0.15, 0.2) is 29.2 Å². The lowest BCUT2D eigenvalue weighted by Gasteiger charge is -2.42. The highest BCUT2D eigenvalue weighted by atomic mass is 32.2. The van der Waals surface area contributed by atoms with Gasteiger partial charge in [-0.05, 0) is 24.3 Å². The van der Waals surface area contributed by atoms with Crippen LogP contribution in [0, 0.1) is 0 Å². The predicted molar refractivity (Wildman–Crippen MR) is 109 cm³/mol. The molecule has 0 aliphatic heterocycles. The number of hydrogen-bond donors (Lipinski definition) is 1. The summed E-state index contributed by atoms with van der Waals surface area (Å²) in [6.45, 7) is 19.3. The van der Waals surface area contributed by atoms with Crippen LogP contribution in [0.1, 0.15) is 0 Å². The minimum atomic E-state index is -3.44. The van der Waals surface area contributed by atoms with Crippen LogP contribution < -0.4 is 4.98 Å². The topological polar surface area (TPSA) is 49.4 Å². The number of sulfonamides is 1. The molecule has 0 heterocycles. The summed E-state index contributed by atoms with van der Waals surface area (Å²) in [5, 5.41) is 0. The highest BCUT2D eigenvalue weighted by Gasteiger charge is 2.43. The van der Waals surface area contributed by atoms with Crippen LogP contribution in [0.4, 0.5) is 5.69 Å². The van der Waals surface area contributed by atoms with Crippen LogP contribution in [-0.4, -0.2) is 36.8 Å². The van der Waals surface area contributed by atoms with Crippen molar-refractivity contribution in [3.8, 4) is 0 Å². The summed E-state index contributed by atoms with van der Waals surface area (Å²) in [5.74, 6) is 0. The Labute approximate surface area is 145 Å². The molecule has 1 rings (SSSR count). The highest BCUT2D eigenvalue weighted by molar-refractivity contribution is 7.92. The van der Waals surface area contributed by atoms with Gasteiger partial charge in [-0.2, -0.15) is 0 Å². The summed E-state index contributed by atoms with van der Waals surface area (Å²) < 4.78 is 28.3. The number of anilines is 1. The van der Waals surface area contributed by atoms with E-state index in [-0.39, 0.29) is 0 Å². The van der Waals surface area contributed by atoms with E-state index in [0.29, 0.717) is 4.90 Å². The van der Waals surface area contributed by atoms with Gasteiger partial charge in [-0.25, -0.2) is 12.1 Å². The zero-order valence-electron chi connectivity index (χ0n) is 16.0. The van der Waals surface area contributed by atoms with Crippen molar-refractivity contribution in [1.29, 1.82) is 0 Å². The molecule has 1 N–H and O–H groups in total. The number of benzene rings is 1. The Bertz CT molecular complexity index is 625. The van der Waals surface area contributed by atoms with Gasteiger partial charge in [0.25, 0.3) is 0 Å². The number of nitrogens with zero attached hydrogens (tertiary/aromatic N) is 1. The molecule has 0 amide bonds. The second-order valence-corrected chi connectivity index (χ2v) is 26.2. The molecule has 0 bridgehead atoms. The van der Waals surface area contributed by atoms with Gasteiger partial charge in [0, 0.05) is 5.69 Å². The zero-order chi connectivity index (χ0) is 18.3. The van der Waals surface area contributed by atoms with Gasteiger partial charge in [0.2, 0.25) is 10.0 Å². The van der Waals surface area contributed by atoms with Crippen LogP contribution in [0.25, 0.3) is 0 Å². The van der Waals surface area contributed by atoms with E-state index in [4.69, 9.17) is 0 Å². The Morgan fingerprint density at radius 1 is 0.783 bits per heavy atom. The van der Waals surface area contributed by atoms with E-state index in [0.717, 1.165) is 5.69 Å². The van der Waals surface area contributed by atoms with Gasteiger partial charge in [0.1, 0.15) is 24.7 Å². The van der Waals surface area contributed by atoms with Crippen molar-refractivity contribution in [2.75, 3.05) is 4.98 Å². The Morgan fingerprint density at radius 2 is 1.17 bits per heavy atom. The standard InChI is InChI=1S/C15H32N2O2SSi3/c1-21(2,3)16-14-10-12-15(13-11-14)20(18,19)17(22(4,5)6)23(7,8)9/h10-13,16H,1-9H3.